The zero-order chi connectivity index (χ0) is 8.97. The fraction of sp³-hybridized carbons (Fsp3) is 0.500. The predicted molar refractivity (Wildman–Crippen MR) is 44.1 cm³/mol. The van der Waals surface area contributed by atoms with Crippen molar-refractivity contribution in [3.05, 3.63) is 18.2 Å². The molecule has 66 valence electrons. The van der Waals surface area contributed by atoms with E-state index in [1.54, 1.807) is 10.8 Å². The van der Waals surface area contributed by atoms with Gasteiger partial charge in [0.2, 0.25) is 5.82 Å². The molecule has 0 amide bonds. The van der Waals surface area contributed by atoms with Crippen LogP contribution in [0.1, 0.15) is 30.4 Å². The molecular weight excluding hydrogens is 156 g/mol. The van der Waals surface area contributed by atoms with E-state index in [0.717, 1.165) is 19.4 Å². The van der Waals surface area contributed by atoms with E-state index in [4.69, 9.17) is 5.11 Å². The van der Waals surface area contributed by atoms with Gasteiger partial charge >= 0.3 is 5.97 Å². The monoisotopic (exact) mass is 168 g/mol. The number of aryl methyl sites for hydroxylation is 1. The first-order valence-corrected chi connectivity index (χ1v) is 4.00. The minimum Gasteiger partial charge on any atom is -0.475 e. The van der Waals surface area contributed by atoms with E-state index in [1.807, 2.05) is 0 Å². The van der Waals surface area contributed by atoms with Crippen LogP contribution in [0.4, 0.5) is 0 Å². The molecule has 0 atom stereocenters. The summed E-state index contributed by atoms with van der Waals surface area (Å²) in [6.45, 7) is 2.80. The Morgan fingerprint density at radius 2 is 2.50 bits per heavy atom. The molecule has 0 radical (unpaired) electrons. The number of hydrogen-bond acceptors (Lipinski definition) is 2. The molecule has 1 aromatic heterocycles. The van der Waals surface area contributed by atoms with Crippen LogP contribution >= 0.6 is 0 Å². The first-order chi connectivity index (χ1) is 5.75. The van der Waals surface area contributed by atoms with E-state index in [-0.39, 0.29) is 5.82 Å². The highest BCUT2D eigenvalue weighted by molar-refractivity contribution is 5.83. The van der Waals surface area contributed by atoms with Crippen LogP contribution in [0.15, 0.2) is 12.4 Å². The standard InChI is InChI=1S/C8H12N2O2/c1-2-3-5-10-6-4-9-7(10)8(11)12/h4,6H,2-3,5H2,1H3,(H,11,12). The lowest BCUT2D eigenvalue weighted by Gasteiger charge is -2.01. The molecule has 1 N–H and O–H groups in total. The Hall–Kier alpha value is -1.32. The normalized spacial score (nSPS) is 10.1. The molecule has 1 aromatic rings. The quantitative estimate of drug-likeness (QED) is 0.738. The fourth-order valence-corrected chi connectivity index (χ4v) is 1.02. The topological polar surface area (TPSA) is 55.1 Å². The van der Waals surface area contributed by atoms with Crippen molar-refractivity contribution in [1.29, 1.82) is 0 Å². The number of aromatic carboxylic acids is 1. The summed E-state index contributed by atoms with van der Waals surface area (Å²) in [5.74, 6) is -0.834. The van der Waals surface area contributed by atoms with E-state index in [2.05, 4.69) is 11.9 Å². The fourth-order valence-electron chi connectivity index (χ4n) is 1.02. The van der Waals surface area contributed by atoms with E-state index < -0.39 is 5.97 Å². The van der Waals surface area contributed by atoms with Gasteiger partial charge in [0, 0.05) is 18.9 Å². The number of nitrogens with zero attached hydrogens (tertiary/aromatic N) is 2. The summed E-state index contributed by atoms with van der Waals surface area (Å²) >= 11 is 0. The van der Waals surface area contributed by atoms with Gasteiger partial charge in [0.25, 0.3) is 0 Å². The second-order valence-corrected chi connectivity index (χ2v) is 2.60. The highest BCUT2D eigenvalue weighted by atomic mass is 16.4. The van der Waals surface area contributed by atoms with Crippen molar-refractivity contribution in [2.24, 2.45) is 0 Å². The molecule has 0 saturated carbocycles. The summed E-state index contributed by atoms with van der Waals surface area (Å²) in [6.07, 6.45) is 5.24. The van der Waals surface area contributed by atoms with Crippen molar-refractivity contribution < 1.29 is 9.90 Å². The summed E-state index contributed by atoms with van der Waals surface area (Å²) in [6, 6.07) is 0. The molecule has 4 nitrogen and oxygen atoms in total. The minimum atomic E-state index is -0.962. The van der Waals surface area contributed by atoms with Crippen molar-refractivity contribution in [2.45, 2.75) is 26.3 Å². The van der Waals surface area contributed by atoms with E-state index in [9.17, 15) is 4.79 Å². The van der Waals surface area contributed by atoms with Gasteiger partial charge < -0.3 is 9.67 Å². The summed E-state index contributed by atoms with van der Waals surface area (Å²) < 4.78 is 1.66. The van der Waals surface area contributed by atoms with Crippen LogP contribution in [0.2, 0.25) is 0 Å². The van der Waals surface area contributed by atoms with Crippen molar-refractivity contribution in [2.75, 3.05) is 0 Å². The maximum atomic E-state index is 10.6. The van der Waals surface area contributed by atoms with Crippen molar-refractivity contribution in [1.82, 2.24) is 9.55 Å². The Morgan fingerprint density at radius 3 is 3.08 bits per heavy atom. The highest BCUT2D eigenvalue weighted by Crippen LogP contribution is 2.00. The number of aromatic nitrogens is 2. The molecule has 0 spiro atoms. The second kappa shape index (κ2) is 3.90. The number of imidazole rings is 1. The number of hydrogen-bond donors (Lipinski definition) is 1. The predicted octanol–water partition coefficient (Wildman–Crippen LogP) is 1.38. The van der Waals surface area contributed by atoms with Gasteiger partial charge in [-0.1, -0.05) is 13.3 Å². The lowest BCUT2D eigenvalue weighted by molar-refractivity contribution is 0.0678. The maximum absolute atomic E-state index is 10.6. The summed E-state index contributed by atoms with van der Waals surface area (Å²) in [5, 5.41) is 8.67. The largest absolute Gasteiger partial charge is 0.475 e. The van der Waals surface area contributed by atoms with Gasteiger partial charge in [0.05, 0.1) is 0 Å². The molecule has 12 heavy (non-hydrogen) atoms. The van der Waals surface area contributed by atoms with Gasteiger partial charge in [0.15, 0.2) is 0 Å². The molecule has 1 rings (SSSR count). The van der Waals surface area contributed by atoms with Crippen LogP contribution in [-0.2, 0) is 6.54 Å². The van der Waals surface area contributed by atoms with Crippen molar-refractivity contribution in [3.8, 4) is 0 Å². The zero-order valence-electron chi connectivity index (χ0n) is 7.03. The Kier molecular flexibility index (Phi) is 2.85. The Balaban J connectivity index is 2.70. The molecule has 0 saturated heterocycles. The van der Waals surface area contributed by atoms with Gasteiger partial charge in [-0.25, -0.2) is 9.78 Å². The van der Waals surface area contributed by atoms with Gasteiger partial charge in [-0.15, -0.1) is 0 Å². The summed E-state index contributed by atoms with van der Waals surface area (Å²) in [7, 11) is 0. The second-order valence-electron chi connectivity index (χ2n) is 2.60. The number of carboxylic acid groups (broad SMARTS) is 1. The van der Waals surface area contributed by atoms with Gasteiger partial charge in [-0.05, 0) is 6.42 Å². The average molecular weight is 168 g/mol. The van der Waals surface area contributed by atoms with E-state index >= 15 is 0 Å². The number of carbonyl (C=O) groups is 1. The van der Waals surface area contributed by atoms with Crippen LogP contribution in [0, 0.1) is 0 Å². The van der Waals surface area contributed by atoms with Gasteiger partial charge in [0.1, 0.15) is 0 Å². The molecule has 0 bridgehead atoms. The molecular formula is C8H12N2O2. The molecule has 1 heterocycles. The SMILES string of the molecule is CCCCn1ccnc1C(=O)O. The third-order valence-corrected chi connectivity index (χ3v) is 1.66. The van der Waals surface area contributed by atoms with Crippen LogP contribution in [-0.4, -0.2) is 20.6 Å². The lowest BCUT2D eigenvalue weighted by Crippen LogP contribution is -2.09. The minimum absolute atomic E-state index is 0.128. The first kappa shape index (κ1) is 8.77. The molecule has 0 aliphatic rings. The lowest BCUT2D eigenvalue weighted by atomic mass is 10.3. The zero-order valence-corrected chi connectivity index (χ0v) is 7.03. The van der Waals surface area contributed by atoms with Gasteiger partial charge in [-0.2, -0.15) is 0 Å². The molecule has 0 aliphatic carbocycles. The molecule has 0 aromatic carbocycles. The summed E-state index contributed by atoms with van der Waals surface area (Å²) in [4.78, 5) is 14.3. The van der Waals surface area contributed by atoms with Crippen LogP contribution in [0.25, 0.3) is 0 Å². The molecule has 0 fully saturated rings. The Labute approximate surface area is 70.9 Å². The van der Waals surface area contributed by atoms with Crippen LogP contribution < -0.4 is 0 Å². The highest BCUT2D eigenvalue weighted by Gasteiger charge is 2.08. The molecule has 4 heteroatoms. The third kappa shape index (κ3) is 1.84. The number of unbranched alkanes of at least 4 members (excludes halogenated alkanes) is 1. The maximum Gasteiger partial charge on any atom is 0.372 e. The van der Waals surface area contributed by atoms with Gasteiger partial charge in [-0.3, -0.25) is 0 Å². The third-order valence-electron chi connectivity index (χ3n) is 1.66. The number of carboxylic acids is 1. The Bertz CT molecular complexity index is 268. The average Bonchev–Trinajstić information content (AvgIpc) is 2.48. The van der Waals surface area contributed by atoms with Crippen molar-refractivity contribution >= 4 is 5.97 Å². The first-order valence-electron chi connectivity index (χ1n) is 4.00. The van der Waals surface area contributed by atoms with Crippen molar-refractivity contribution in [3.63, 3.8) is 0 Å². The number of rotatable bonds is 4. The van der Waals surface area contributed by atoms with E-state index in [1.165, 1.54) is 6.20 Å². The smallest absolute Gasteiger partial charge is 0.372 e. The molecule has 0 aliphatic heterocycles. The van der Waals surface area contributed by atoms with Crippen LogP contribution in [0.3, 0.4) is 0 Å². The van der Waals surface area contributed by atoms with E-state index in [0.29, 0.717) is 0 Å². The van der Waals surface area contributed by atoms with Crippen LogP contribution in [0.5, 0.6) is 0 Å². The Morgan fingerprint density at radius 1 is 1.75 bits per heavy atom. The summed E-state index contributed by atoms with van der Waals surface area (Å²) in [5.41, 5.74) is 0. The molecule has 0 unspecified atom stereocenters.